The molecule has 0 amide bonds. The van der Waals surface area contributed by atoms with E-state index in [0.717, 1.165) is 4.52 Å². The third kappa shape index (κ3) is 2.16. The van der Waals surface area contributed by atoms with Gasteiger partial charge in [0.2, 0.25) is 5.03 Å². The van der Waals surface area contributed by atoms with Crippen molar-refractivity contribution in [1.29, 1.82) is 0 Å². The average Bonchev–Trinajstić information content (AvgIpc) is 2.68. The van der Waals surface area contributed by atoms with Crippen molar-refractivity contribution in [1.82, 2.24) is 14.6 Å². The van der Waals surface area contributed by atoms with Crippen molar-refractivity contribution in [2.24, 2.45) is 0 Å². The zero-order valence-corrected chi connectivity index (χ0v) is 10.8. The molecule has 2 heterocycles. The van der Waals surface area contributed by atoms with E-state index < -0.39 is 20.0 Å². The summed E-state index contributed by atoms with van der Waals surface area (Å²) in [6.07, 6.45) is 1.36. The van der Waals surface area contributed by atoms with Crippen LogP contribution in [0.3, 0.4) is 0 Å². The standard InChI is InChI=1S/C9H8ClN3O4S/c1-2-17-9(14)7-8(18(10,15)16)13-6(12-7)4-3-5-11-13/h3-5H,2H2,1H3. The molecule has 0 saturated heterocycles. The number of fused-ring (bicyclic) bond motifs is 1. The lowest BCUT2D eigenvalue weighted by atomic mass is 10.5. The lowest BCUT2D eigenvalue weighted by Gasteiger charge is -2.00. The Bertz CT molecular complexity index is 710. The normalized spacial score (nSPS) is 11.7. The summed E-state index contributed by atoms with van der Waals surface area (Å²) in [4.78, 5) is 15.5. The van der Waals surface area contributed by atoms with Crippen LogP contribution in [-0.2, 0) is 13.8 Å². The molecule has 0 unspecified atom stereocenters. The average molecular weight is 290 g/mol. The minimum Gasteiger partial charge on any atom is -0.461 e. The molecule has 0 spiro atoms. The third-order valence-corrected chi connectivity index (χ3v) is 3.32. The number of rotatable bonds is 3. The van der Waals surface area contributed by atoms with Gasteiger partial charge in [0.15, 0.2) is 11.3 Å². The van der Waals surface area contributed by atoms with Gasteiger partial charge in [0.1, 0.15) is 0 Å². The second kappa shape index (κ2) is 4.54. The van der Waals surface area contributed by atoms with Gasteiger partial charge >= 0.3 is 5.97 Å². The number of carbonyl (C=O) groups is 1. The van der Waals surface area contributed by atoms with E-state index >= 15 is 0 Å². The maximum absolute atomic E-state index is 11.6. The lowest BCUT2D eigenvalue weighted by Crippen LogP contribution is -2.11. The predicted molar refractivity (Wildman–Crippen MR) is 62.0 cm³/mol. The van der Waals surface area contributed by atoms with Crippen LogP contribution >= 0.6 is 10.7 Å². The van der Waals surface area contributed by atoms with Crippen LogP contribution in [0.25, 0.3) is 5.65 Å². The Labute approximate surface area is 107 Å². The van der Waals surface area contributed by atoms with E-state index in [9.17, 15) is 13.2 Å². The molecule has 2 aromatic heterocycles. The number of hydrogen-bond acceptors (Lipinski definition) is 6. The van der Waals surface area contributed by atoms with Crippen LogP contribution in [0.4, 0.5) is 0 Å². The van der Waals surface area contributed by atoms with Gasteiger partial charge in [-0.2, -0.15) is 5.10 Å². The number of ether oxygens (including phenoxy) is 1. The fourth-order valence-electron chi connectivity index (χ4n) is 1.42. The molecule has 0 aliphatic rings. The van der Waals surface area contributed by atoms with E-state index in [4.69, 9.17) is 15.4 Å². The first-order valence-electron chi connectivity index (χ1n) is 4.90. The Morgan fingerprint density at radius 1 is 1.56 bits per heavy atom. The first-order chi connectivity index (χ1) is 8.45. The molecule has 0 aromatic carbocycles. The first kappa shape index (κ1) is 12.8. The molecule has 0 aliphatic carbocycles. The van der Waals surface area contributed by atoms with Crippen molar-refractivity contribution in [2.75, 3.05) is 6.61 Å². The monoisotopic (exact) mass is 289 g/mol. The summed E-state index contributed by atoms with van der Waals surface area (Å²) in [5.74, 6) is -0.859. The van der Waals surface area contributed by atoms with E-state index in [1.807, 2.05) is 0 Å². The molecule has 2 aromatic rings. The van der Waals surface area contributed by atoms with Crippen LogP contribution in [0, 0.1) is 0 Å². The molecule has 0 atom stereocenters. The predicted octanol–water partition coefficient (Wildman–Crippen LogP) is 0.833. The molecule has 18 heavy (non-hydrogen) atoms. The number of nitrogens with zero attached hydrogens (tertiary/aromatic N) is 3. The van der Waals surface area contributed by atoms with Crippen molar-refractivity contribution < 1.29 is 17.9 Å². The highest BCUT2D eigenvalue weighted by atomic mass is 35.7. The molecule has 0 N–H and O–H groups in total. The second-order valence-corrected chi connectivity index (χ2v) is 5.70. The highest BCUT2D eigenvalue weighted by molar-refractivity contribution is 8.13. The molecule has 2 rings (SSSR count). The molecular weight excluding hydrogens is 282 g/mol. The summed E-state index contributed by atoms with van der Waals surface area (Å²) >= 11 is 0. The Hall–Kier alpha value is -1.67. The first-order valence-corrected chi connectivity index (χ1v) is 7.21. The SMILES string of the molecule is CCOC(=O)c1nc2cccnn2c1S(=O)(=O)Cl. The number of halogens is 1. The third-order valence-electron chi connectivity index (χ3n) is 2.05. The fraction of sp³-hybridized carbons (Fsp3) is 0.222. The zero-order chi connectivity index (χ0) is 13.3. The van der Waals surface area contributed by atoms with Gasteiger partial charge in [-0.15, -0.1) is 0 Å². The van der Waals surface area contributed by atoms with Gasteiger partial charge in [-0.3, -0.25) is 0 Å². The van der Waals surface area contributed by atoms with Crippen molar-refractivity contribution in [3.63, 3.8) is 0 Å². The van der Waals surface area contributed by atoms with Gasteiger partial charge in [-0.1, -0.05) is 0 Å². The number of carbonyl (C=O) groups excluding carboxylic acids is 1. The molecule has 0 bridgehead atoms. The summed E-state index contributed by atoms with van der Waals surface area (Å²) in [6, 6.07) is 3.06. The van der Waals surface area contributed by atoms with Gasteiger partial charge in [-0.25, -0.2) is 22.7 Å². The minimum absolute atomic E-state index is 0.0991. The van der Waals surface area contributed by atoms with Crippen molar-refractivity contribution >= 4 is 31.3 Å². The summed E-state index contributed by atoms with van der Waals surface area (Å²) in [7, 11) is 1.12. The van der Waals surface area contributed by atoms with Crippen molar-refractivity contribution in [2.45, 2.75) is 11.9 Å². The van der Waals surface area contributed by atoms with Crippen LogP contribution < -0.4 is 0 Å². The van der Waals surface area contributed by atoms with E-state index in [1.54, 1.807) is 13.0 Å². The van der Waals surface area contributed by atoms with Crippen LogP contribution in [-0.4, -0.2) is 35.6 Å². The van der Waals surface area contributed by atoms with Crippen LogP contribution in [0.1, 0.15) is 17.4 Å². The highest BCUT2D eigenvalue weighted by Crippen LogP contribution is 2.21. The van der Waals surface area contributed by atoms with E-state index in [2.05, 4.69) is 10.1 Å². The van der Waals surface area contributed by atoms with Gasteiger partial charge in [0, 0.05) is 16.9 Å². The van der Waals surface area contributed by atoms with Crippen molar-refractivity contribution in [3.8, 4) is 0 Å². The summed E-state index contributed by atoms with van der Waals surface area (Å²) < 4.78 is 28.7. The van der Waals surface area contributed by atoms with Gasteiger partial charge in [-0.05, 0) is 19.1 Å². The maximum Gasteiger partial charge on any atom is 0.360 e. The Morgan fingerprint density at radius 3 is 2.89 bits per heavy atom. The fourth-order valence-corrected chi connectivity index (χ4v) is 2.54. The van der Waals surface area contributed by atoms with Crippen LogP contribution in [0.15, 0.2) is 23.4 Å². The molecule has 0 saturated carbocycles. The van der Waals surface area contributed by atoms with E-state index in [1.165, 1.54) is 12.3 Å². The summed E-state index contributed by atoms with van der Waals surface area (Å²) in [6.45, 7) is 1.70. The van der Waals surface area contributed by atoms with E-state index in [-0.39, 0.29) is 17.9 Å². The molecule has 7 nitrogen and oxygen atoms in total. The minimum atomic E-state index is -4.17. The molecule has 0 radical (unpaired) electrons. The quantitative estimate of drug-likeness (QED) is 0.614. The van der Waals surface area contributed by atoms with E-state index in [0.29, 0.717) is 0 Å². The highest BCUT2D eigenvalue weighted by Gasteiger charge is 2.29. The van der Waals surface area contributed by atoms with Crippen molar-refractivity contribution in [3.05, 3.63) is 24.0 Å². The van der Waals surface area contributed by atoms with Crippen LogP contribution in [0.2, 0.25) is 0 Å². The lowest BCUT2D eigenvalue weighted by molar-refractivity contribution is 0.0515. The largest absolute Gasteiger partial charge is 0.461 e. The summed E-state index contributed by atoms with van der Waals surface area (Å²) in [5.41, 5.74) is -0.176. The molecular formula is C9H8ClN3O4S. The molecule has 0 aliphatic heterocycles. The molecule has 0 fully saturated rings. The number of aromatic nitrogens is 3. The Kier molecular flexibility index (Phi) is 3.22. The maximum atomic E-state index is 11.6. The Balaban J connectivity index is 2.77. The van der Waals surface area contributed by atoms with Gasteiger partial charge in [0.05, 0.1) is 6.61 Å². The van der Waals surface area contributed by atoms with Gasteiger partial charge < -0.3 is 4.74 Å². The van der Waals surface area contributed by atoms with Gasteiger partial charge in [0.25, 0.3) is 9.05 Å². The van der Waals surface area contributed by atoms with Crippen LogP contribution in [0.5, 0.6) is 0 Å². The summed E-state index contributed by atoms with van der Waals surface area (Å²) in [5, 5.41) is 3.31. The number of imidazole rings is 1. The Morgan fingerprint density at radius 2 is 2.28 bits per heavy atom. The number of esters is 1. The topological polar surface area (TPSA) is 90.6 Å². The number of hydrogen-bond donors (Lipinski definition) is 0. The zero-order valence-electron chi connectivity index (χ0n) is 9.20. The smallest absolute Gasteiger partial charge is 0.360 e. The molecule has 96 valence electrons. The molecule has 9 heteroatoms. The second-order valence-electron chi connectivity index (χ2n) is 3.22.